The Kier molecular flexibility index (Phi) is 3.14. The molecule has 0 aromatic carbocycles. The number of pyridine rings is 1. The maximum Gasteiger partial charge on any atom is 0.339 e. The Labute approximate surface area is 102 Å². The van der Waals surface area contributed by atoms with E-state index in [1.54, 1.807) is 0 Å². The van der Waals surface area contributed by atoms with Crippen molar-refractivity contribution in [1.29, 1.82) is 0 Å². The normalized spacial score (nSPS) is 18.9. The molecule has 0 radical (unpaired) electrons. The molecular weight excluding hydrogens is 246 g/mol. The summed E-state index contributed by atoms with van der Waals surface area (Å²) in [5.74, 6) is -0.971. The SMILES string of the molecule is O=C1CC(Nc2nc(Cl)ccc2C(=O)O)CN1. The van der Waals surface area contributed by atoms with Crippen molar-refractivity contribution in [3.05, 3.63) is 22.8 Å². The van der Waals surface area contributed by atoms with Crippen LogP contribution in [-0.2, 0) is 4.79 Å². The van der Waals surface area contributed by atoms with Crippen LogP contribution >= 0.6 is 11.6 Å². The Morgan fingerprint density at radius 2 is 2.35 bits per heavy atom. The van der Waals surface area contributed by atoms with E-state index in [4.69, 9.17) is 16.7 Å². The standard InChI is InChI=1S/C10H10ClN3O3/c11-7-2-1-6(10(16)17)9(14-7)13-5-3-8(15)12-4-5/h1-2,5H,3-4H2,(H,12,15)(H,13,14)(H,16,17). The van der Waals surface area contributed by atoms with Crippen LogP contribution in [0.25, 0.3) is 0 Å². The molecule has 7 heteroatoms. The fourth-order valence-electron chi connectivity index (χ4n) is 1.62. The number of carboxylic acid groups (broad SMARTS) is 1. The zero-order chi connectivity index (χ0) is 12.4. The third kappa shape index (κ3) is 2.65. The van der Waals surface area contributed by atoms with Crippen LogP contribution < -0.4 is 10.6 Å². The smallest absolute Gasteiger partial charge is 0.339 e. The number of amides is 1. The molecule has 0 aliphatic carbocycles. The summed E-state index contributed by atoms with van der Waals surface area (Å²) in [7, 11) is 0. The molecule has 2 heterocycles. The van der Waals surface area contributed by atoms with Gasteiger partial charge >= 0.3 is 5.97 Å². The molecule has 0 saturated carbocycles. The zero-order valence-corrected chi connectivity index (χ0v) is 9.49. The Morgan fingerprint density at radius 1 is 1.59 bits per heavy atom. The topological polar surface area (TPSA) is 91.3 Å². The van der Waals surface area contributed by atoms with Gasteiger partial charge in [0.05, 0.1) is 6.04 Å². The number of nitrogens with one attached hydrogen (secondary N) is 2. The molecule has 1 amide bonds. The second kappa shape index (κ2) is 4.58. The van der Waals surface area contributed by atoms with Gasteiger partial charge in [-0.3, -0.25) is 4.79 Å². The van der Waals surface area contributed by atoms with Crippen molar-refractivity contribution < 1.29 is 14.7 Å². The van der Waals surface area contributed by atoms with Gasteiger partial charge in [-0.05, 0) is 12.1 Å². The number of hydrogen-bond donors (Lipinski definition) is 3. The number of aromatic carboxylic acids is 1. The number of nitrogens with zero attached hydrogens (tertiary/aromatic N) is 1. The lowest BCUT2D eigenvalue weighted by molar-refractivity contribution is -0.119. The molecular formula is C10H10ClN3O3. The first-order valence-corrected chi connectivity index (χ1v) is 5.37. The Bertz CT molecular complexity index is 478. The van der Waals surface area contributed by atoms with Gasteiger partial charge in [0.25, 0.3) is 0 Å². The van der Waals surface area contributed by atoms with Crippen molar-refractivity contribution >= 4 is 29.3 Å². The van der Waals surface area contributed by atoms with Gasteiger partial charge in [-0.15, -0.1) is 0 Å². The summed E-state index contributed by atoms with van der Waals surface area (Å²) in [6.07, 6.45) is 0.299. The van der Waals surface area contributed by atoms with Crippen molar-refractivity contribution in [3.63, 3.8) is 0 Å². The minimum atomic E-state index is -1.09. The lowest BCUT2D eigenvalue weighted by atomic mass is 10.2. The maximum atomic E-state index is 11.0. The van der Waals surface area contributed by atoms with Gasteiger partial charge < -0.3 is 15.7 Å². The van der Waals surface area contributed by atoms with Gasteiger partial charge in [-0.1, -0.05) is 11.6 Å². The molecule has 0 bridgehead atoms. The largest absolute Gasteiger partial charge is 0.478 e. The highest BCUT2D eigenvalue weighted by molar-refractivity contribution is 6.29. The summed E-state index contributed by atoms with van der Waals surface area (Å²) in [5, 5.41) is 14.7. The van der Waals surface area contributed by atoms with Crippen molar-refractivity contribution in [2.75, 3.05) is 11.9 Å². The van der Waals surface area contributed by atoms with Crippen molar-refractivity contribution in [2.45, 2.75) is 12.5 Å². The van der Waals surface area contributed by atoms with E-state index in [0.717, 1.165) is 0 Å². The van der Waals surface area contributed by atoms with Gasteiger partial charge in [0.15, 0.2) is 0 Å². The van der Waals surface area contributed by atoms with Gasteiger partial charge in [0.1, 0.15) is 16.5 Å². The number of anilines is 1. The van der Waals surface area contributed by atoms with Crippen LogP contribution in [0.2, 0.25) is 5.15 Å². The van der Waals surface area contributed by atoms with Gasteiger partial charge in [0, 0.05) is 13.0 Å². The molecule has 3 N–H and O–H groups in total. The quantitative estimate of drug-likeness (QED) is 0.693. The summed E-state index contributed by atoms with van der Waals surface area (Å²) in [6, 6.07) is 2.63. The van der Waals surface area contributed by atoms with E-state index in [1.165, 1.54) is 12.1 Å². The van der Waals surface area contributed by atoms with Crippen LogP contribution in [0.5, 0.6) is 0 Å². The summed E-state index contributed by atoms with van der Waals surface area (Å²) >= 11 is 5.71. The summed E-state index contributed by atoms with van der Waals surface area (Å²) in [4.78, 5) is 25.9. The lowest BCUT2D eigenvalue weighted by Gasteiger charge is -2.13. The fraction of sp³-hybridized carbons (Fsp3) is 0.300. The first kappa shape index (κ1) is 11.7. The first-order chi connectivity index (χ1) is 8.06. The summed E-state index contributed by atoms with van der Waals surface area (Å²) in [5.41, 5.74) is 0.0359. The molecule has 17 heavy (non-hydrogen) atoms. The van der Waals surface area contributed by atoms with Crippen LogP contribution in [0.3, 0.4) is 0 Å². The van der Waals surface area contributed by atoms with E-state index in [-0.39, 0.29) is 28.5 Å². The van der Waals surface area contributed by atoms with Crippen LogP contribution in [0.1, 0.15) is 16.8 Å². The first-order valence-electron chi connectivity index (χ1n) is 4.99. The predicted molar refractivity (Wildman–Crippen MR) is 61.2 cm³/mol. The van der Waals surface area contributed by atoms with E-state index >= 15 is 0 Å². The van der Waals surface area contributed by atoms with Crippen molar-refractivity contribution in [3.8, 4) is 0 Å². The summed E-state index contributed by atoms with van der Waals surface area (Å²) < 4.78 is 0. The highest BCUT2D eigenvalue weighted by atomic mass is 35.5. The molecule has 1 fully saturated rings. The molecule has 6 nitrogen and oxygen atoms in total. The summed E-state index contributed by atoms with van der Waals surface area (Å²) in [6.45, 7) is 0.450. The van der Waals surface area contributed by atoms with Crippen molar-refractivity contribution in [1.82, 2.24) is 10.3 Å². The average Bonchev–Trinajstić information content (AvgIpc) is 2.63. The lowest BCUT2D eigenvalue weighted by Crippen LogP contribution is -2.24. The zero-order valence-electron chi connectivity index (χ0n) is 8.74. The van der Waals surface area contributed by atoms with Gasteiger partial charge in [0.2, 0.25) is 5.91 Å². The van der Waals surface area contributed by atoms with Crippen LogP contribution in [-0.4, -0.2) is 34.6 Å². The molecule has 1 saturated heterocycles. The molecule has 0 spiro atoms. The number of halogens is 1. The highest BCUT2D eigenvalue weighted by Gasteiger charge is 2.23. The van der Waals surface area contributed by atoms with E-state index < -0.39 is 5.97 Å². The minimum Gasteiger partial charge on any atom is -0.478 e. The molecule has 1 aromatic rings. The fourth-order valence-corrected chi connectivity index (χ4v) is 1.77. The maximum absolute atomic E-state index is 11.0. The van der Waals surface area contributed by atoms with Crippen LogP contribution in [0, 0.1) is 0 Å². The van der Waals surface area contributed by atoms with E-state index in [0.29, 0.717) is 13.0 Å². The second-order valence-electron chi connectivity index (χ2n) is 3.68. The van der Waals surface area contributed by atoms with E-state index in [1.807, 2.05) is 0 Å². The number of carboxylic acids is 1. The van der Waals surface area contributed by atoms with Gasteiger partial charge in [-0.2, -0.15) is 0 Å². The number of hydrogen-bond acceptors (Lipinski definition) is 4. The number of aromatic nitrogens is 1. The Balaban J connectivity index is 2.21. The molecule has 1 aromatic heterocycles. The van der Waals surface area contributed by atoms with Crippen molar-refractivity contribution in [2.24, 2.45) is 0 Å². The molecule has 1 aliphatic rings. The molecule has 90 valence electrons. The second-order valence-corrected chi connectivity index (χ2v) is 4.07. The minimum absolute atomic E-state index is 0.0359. The van der Waals surface area contributed by atoms with E-state index in [9.17, 15) is 9.59 Å². The molecule has 1 unspecified atom stereocenters. The predicted octanol–water partition coefficient (Wildman–Crippen LogP) is 0.734. The molecule has 1 aliphatic heterocycles. The highest BCUT2D eigenvalue weighted by Crippen LogP contribution is 2.18. The third-order valence-electron chi connectivity index (χ3n) is 2.41. The van der Waals surface area contributed by atoms with Crippen LogP contribution in [0.15, 0.2) is 12.1 Å². The number of carbonyl (C=O) groups excluding carboxylic acids is 1. The number of carbonyl (C=O) groups is 2. The average molecular weight is 256 g/mol. The Morgan fingerprint density at radius 3 is 2.94 bits per heavy atom. The molecule has 1 atom stereocenters. The van der Waals surface area contributed by atoms with E-state index in [2.05, 4.69) is 15.6 Å². The van der Waals surface area contributed by atoms with Crippen LogP contribution in [0.4, 0.5) is 5.82 Å². The number of rotatable bonds is 3. The monoisotopic (exact) mass is 255 g/mol. The molecule has 2 rings (SSSR count). The van der Waals surface area contributed by atoms with Gasteiger partial charge in [-0.25, -0.2) is 9.78 Å². The third-order valence-corrected chi connectivity index (χ3v) is 2.62. The Hall–Kier alpha value is -1.82.